The van der Waals surface area contributed by atoms with Crippen LogP contribution in [0.3, 0.4) is 0 Å². The first-order valence-electron chi connectivity index (χ1n) is 6.45. The Morgan fingerprint density at radius 2 is 2.28 bits per heavy atom. The zero-order valence-corrected chi connectivity index (χ0v) is 11.2. The number of benzene rings is 1. The van der Waals surface area contributed by atoms with Gasteiger partial charge in [0, 0.05) is 29.9 Å². The molecule has 0 spiro atoms. The predicted molar refractivity (Wildman–Crippen MR) is 71.5 cm³/mol. The first kappa shape index (κ1) is 13.3. The summed E-state index contributed by atoms with van der Waals surface area (Å²) in [7, 11) is 1.85. The van der Waals surface area contributed by atoms with Crippen molar-refractivity contribution in [3.63, 3.8) is 0 Å². The van der Waals surface area contributed by atoms with Crippen molar-refractivity contribution >= 4 is 5.69 Å². The average molecular weight is 252 g/mol. The maximum atomic E-state index is 14.1. The Morgan fingerprint density at radius 1 is 1.50 bits per heavy atom. The zero-order chi connectivity index (χ0) is 13.1. The topological polar surface area (TPSA) is 24.5 Å². The molecule has 1 heterocycles. The van der Waals surface area contributed by atoms with E-state index in [1.54, 1.807) is 6.07 Å². The summed E-state index contributed by atoms with van der Waals surface area (Å²) >= 11 is 0. The van der Waals surface area contributed by atoms with E-state index in [1.165, 1.54) is 6.07 Å². The van der Waals surface area contributed by atoms with E-state index < -0.39 is 0 Å². The predicted octanol–water partition coefficient (Wildman–Crippen LogP) is 2.33. The van der Waals surface area contributed by atoms with E-state index in [0.717, 1.165) is 17.8 Å². The number of nitrogens with one attached hydrogen (secondary N) is 1. The number of rotatable bonds is 3. The molecule has 1 aromatic rings. The standard InChI is InChI=1S/C14H21FN2O/c1-10-9-18-8-7-17(10)13-6-4-5-12(15)14(13)11(2)16-3/h4-6,10-11,16H,7-9H2,1-3H3. The van der Waals surface area contributed by atoms with Crippen LogP contribution in [0.25, 0.3) is 0 Å². The molecule has 100 valence electrons. The molecule has 2 unspecified atom stereocenters. The first-order valence-corrected chi connectivity index (χ1v) is 6.45. The molecule has 2 rings (SSSR count). The van der Waals surface area contributed by atoms with Crippen LogP contribution in [0.1, 0.15) is 25.5 Å². The molecule has 0 amide bonds. The third kappa shape index (κ3) is 2.49. The van der Waals surface area contributed by atoms with Gasteiger partial charge in [0.1, 0.15) is 5.82 Å². The van der Waals surface area contributed by atoms with Crippen LogP contribution in [0.15, 0.2) is 18.2 Å². The Balaban J connectivity index is 2.39. The van der Waals surface area contributed by atoms with Gasteiger partial charge >= 0.3 is 0 Å². The van der Waals surface area contributed by atoms with Gasteiger partial charge in [-0.05, 0) is 33.0 Å². The van der Waals surface area contributed by atoms with Gasteiger partial charge in [-0.1, -0.05) is 6.07 Å². The molecule has 1 fully saturated rings. The second-order valence-electron chi connectivity index (χ2n) is 4.80. The molecule has 2 atom stereocenters. The van der Waals surface area contributed by atoms with Crippen LogP contribution in [0.4, 0.5) is 10.1 Å². The summed E-state index contributed by atoms with van der Waals surface area (Å²) in [6, 6.07) is 5.57. The van der Waals surface area contributed by atoms with Crippen molar-refractivity contribution in [2.75, 3.05) is 31.7 Å². The van der Waals surface area contributed by atoms with Crippen molar-refractivity contribution in [3.05, 3.63) is 29.6 Å². The molecule has 0 radical (unpaired) electrons. The van der Waals surface area contributed by atoms with Crippen molar-refractivity contribution in [1.29, 1.82) is 0 Å². The lowest BCUT2D eigenvalue weighted by Gasteiger charge is -2.37. The van der Waals surface area contributed by atoms with Crippen LogP contribution in [-0.2, 0) is 4.74 Å². The molecule has 18 heavy (non-hydrogen) atoms. The molecule has 1 N–H and O–H groups in total. The number of hydrogen-bond acceptors (Lipinski definition) is 3. The lowest BCUT2D eigenvalue weighted by Crippen LogP contribution is -2.44. The highest BCUT2D eigenvalue weighted by atomic mass is 19.1. The Kier molecular flexibility index (Phi) is 4.19. The molecule has 1 aliphatic heterocycles. The van der Waals surface area contributed by atoms with Gasteiger partial charge in [-0.25, -0.2) is 4.39 Å². The summed E-state index contributed by atoms with van der Waals surface area (Å²) in [6.45, 7) is 6.30. The van der Waals surface area contributed by atoms with E-state index in [-0.39, 0.29) is 17.9 Å². The Bertz CT molecular complexity index is 411. The fourth-order valence-electron chi connectivity index (χ4n) is 2.43. The van der Waals surface area contributed by atoms with Gasteiger partial charge in [-0.2, -0.15) is 0 Å². The van der Waals surface area contributed by atoms with Crippen LogP contribution in [0.5, 0.6) is 0 Å². The minimum atomic E-state index is -0.145. The maximum Gasteiger partial charge on any atom is 0.130 e. The first-order chi connectivity index (χ1) is 8.65. The molecule has 1 aliphatic rings. The quantitative estimate of drug-likeness (QED) is 0.893. The van der Waals surface area contributed by atoms with Gasteiger partial charge in [0.05, 0.1) is 13.2 Å². The third-order valence-electron chi connectivity index (χ3n) is 3.57. The van der Waals surface area contributed by atoms with Crippen molar-refractivity contribution in [2.24, 2.45) is 0 Å². The molecule has 1 aromatic carbocycles. The fourth-order valence-corrected chi connectivity index (χ4v) is 2.43. The van der Waals surface area contributed by atoms with Crippen LogP contribution < -0.4 is 10.2 Å². The summed E-state index contributed by atoms with van der Waals surface area (Å²) in [6.07, 6.45) is 0. The van der Waals surface area contributed by atoms with E-state index in [4.69, 9.17) is 4.74 Å². The van der Waals surface area contributed by atoms with Crippen molar-refractivity contribution < 1.29 is 9.13 Å². The molecule has 3 nitrogen and oxygen atoms in total. The fraction of sp³-hybridized carbons (Fsp3) is 0.571. The highest BCUT2D eigenvalue weighted by molar-refractivity contribution is 5.56. The summed E-state index contributed by atoms with van der Waals surface area (Å²) in [4.78, 5) is 2.23. The third-order valence-corrected chi connectivity index (χ3v) is 3.57. The van der Waals surface area contributed by atoms with Gasteiger partial charge in [0.25, 0.3) is 0 Å². The summed E-state index contributed by atoms with van der Waals surface area (Å²) in [5, 5.41) is 3.12. The van der Waals surface area contributed by atoms with E-state index in [1.807, 2.05) is 20.0 Å². The number of anilines is 1. The monoisotopic (exact) mass is 252 g/mol. The van der Waals surface area contributed by atoms with E-state index >= 15 is 0 Å². The maximum absolute atomic E-state index is 14.1. The summed E-state index contributed by atoms with van der Waals surface area (Å²) < 4.78 is 19.5. The van der Waals surface area contributed by atoms with Crippen LogP contribution in [-0.4, -0.2) is 32.8 Å². The zero-order valence-electron chi connectivity index (χ0n) is 11.2. The van der Waals surface area contributed by atoms with Gasteiger partial charge in [-0.3, -0.25) is 0 Å². The normalized spacial score (nSPS) is 22.0. The highest BCUT2D eigenvalue weighted by Gasteiger charge is 2.24. The van der Waals surface area contributed by atoms with E-state index in [2.05, 4.69) is 17.1 Å². The van der Waals surface area contributed by atoms with Crippen molar-refractivity contribution in [2.45, 2.75) is 25.9 Å². The lowest BCUT2D eigenvalue weighted by atomic mass is 10.0. The number of halogens is 1. The molecule has 0 saturated carbocycles. The molecular weight excluding hydrogens is 231 g/mol. The smallest absolute Gasteiger partial charge is 0.130 e. The van der Waals surface area contributed by atoms with Crippen LogP contribution in [0, 0.1) is 5.82 Å². The minimum Gasteiger partial charge on any atom is -0.377 e. The van der Waals surface area contributed by atoms with Crippen LogP contribution >= 0.6 is 0 Å². The number of ether oxygens (including phenoxy) is 1. The molecule has 1 saturated heterocycles. The SMILES string of the molecule is CNC(C)c1c(F)cccc1N1CCOCC1C. The van der Waals surface area contributed by atoms with Gasteiger partial charge in [0.2, 0.25) is 0 Å². The molecular formula is C14H21FN2O. The molecule has 0 aromatic heterocycles. The van der Waals surface area contributed by atoms with Crippen molar-refractivity contribution in [3.8, 4) is 0 Å². The number of hydrogen-bond donors (Lipinski definition) is 1. The minimum absolute atomic E-state index is 0.00348. The molecule has 0 bridgehead atoms. The largest absolute Gasteiger partial charge is 0.377 e. The second kappa shape index (κ2) is 5.67. The lowest BCUT2D eigenvalue weighted by molar-refractivity contribution is 0.0988. The van der Waals surface area contributed by atoms with E-state index in [9.17, 15) is 4.39 Å². The van der Waals surface area contributed by atoms with Crippen molar-refractivity contribution in [1.82, 2.24) is 5.32 Å². The van der Waals surface area contributed by atoms with Gasteiger partial charge < -0.3 is 15.0 Å². The van der Waals surface area contributed by atoms with Gasteiger partial charge in [0.15, 0.2) is 0 Å². The average Bonchev–Trinajstić information content (AvgIpc) is 2.38. The summed E-state index contributed by atoms with van der Waals surface area (Å²) in [5.74, 6) is -0.145. The number of nitrogens with zero attached hydrogens (tertiary/aromatic N) is 1. The van der Waals surface area contributed by atoms with Gasteiger partial charge in [-0.15, -0.1) is 0 Å². The summed E-state index contributed by atoms with van der Waals surface area (Å²) in [5.41, 5.74) is 1.72. The molecule has 0 aliphatic carbocycles. The van der Waals surface area contributed by atoms with E-state index in [0.29, 0.717) is 13.2 Å². The van der Waals surface area contributed by atoms with Crippen LogP contribution in [0.2, 0.25) is 0 Å². The Labute approximate surface area is 108 Å². The molecule has 4 heteroatoms. The Morgan fingerprint density at radius 3 is 2.94 bits per heavy atom. The Hall–Kier alpha value is -1.13. The second-order valence-corrected chi connectivity index (χ2v) is 4.80. The number of morpholine rings is 1. The highest BCUT2D eigenvalue weighted by Crippen LogP contribution is 2.30.